The number of alkyl halides is 3. The van der Waals surface area contributed by atoms with Gasteiger partial charge >= 0.3 is 6.18 Å². The van der Waals surface area contributed by atoms with Crippen LogP contribution in [0.15, 0.2) is 16.7 Å². The van der Waals surface area contributed by atoms with Crippen molar-refractivity contribution < 1.29 is 37.7 Å². The van der Waals surface area contributed by atoms with Crippen LogP contribution in [0.1, 0.15) is 29.4 Å². The Morgan fingerprint density at radius 1 is 1.44 bits per heavy atom. The Bertz CT molecular complexity index is 1110. The smallest absolute Gasteiger partial charge is 0.386 e. The molecule has 32 heavy (non-hydrogen) atoms. The number of fused-ring (bicyclic) bond motifs is 1. The van der Waals surface area contributed by atoms with Crippen molar-refractivity contribution in [3.05, 3.63) is 33.1 Å². The molecule has 3 unspecified atom stereocenters. The molecule has 4 heterocycles. The molecule has 3 atom stereocenters. The average Bonchev–Trinajstić information content (AvgIpc) is 3.19. The molecule has 2 aliphatic rings. The molecule has 9 nitrogen and oxygen atoms in total. The van der Waals surface area contributed by atoms with Crippen LogP contribution >= 0.6 is 27.5 Å². The second-order valence-corrected chi connectivity index (χ2v) is 9.11. The fraction of sp³-hybridized carbons (Fsp3) is 0.500. The van der Waals surface area contributed by atoms with E-state index in [9.17, 15) is 33.0 Å². The summed E-state index contributed by atoms with van der Waals surface area (Å²) in [4.78, 5) is 31.2. The van der Waals surface area contributed by atoms with Crippen molar-refractivity contribution in [2.24, 2.45) is 0 Å². The highest BCUT2D eigenvalue weighted by atomic mass is 79.9. The molecule has 0 saturated carbocycles. The number of β-amino-alcohol motifs (C(OH)–C–C–N with tert-alkyl or cyclic N) is 1. The number of amides is 2. The molecule has 0 spiro atoms. The molecular formula is C18H17BrClF3N4O5. The van der Waals surface area contributed by atoms with Crippen LogP contribution in [0.25, 0.3) is 5.65 Å². The monoisotopic (exact) mass is 540 g/mol. The Labute approximate surface area is 192 Å². The van der Waals surface area contributed by atoms with Gasteiger partial charge in [-0.1, -0.05) is 11.6 Å². The number of piperidine rings is 1. The maximum Gasteiger partial charge on any atom is 0.420 e. The van der Waals surface area contributed by atoms with Crippen molar-refractivity contribution >= 4 is 45.0 Å². The minimum atomic E-state index is -4.73. The summed E-state index contributed by atoms with van der Waals surface area (Å²) in [6.07, 6.45) is -4.88. The Hall–Kier alpha value is -1.93. The lowest BCUT2D eigenvalue weighted by Gasteiger charge is -2.46. The van der Waals surface area contributed by atoms with E-state index >= 15 is 0 Å². The van der Waals surface area contributed by atoms with Crippen LogP contribution in [0.3, 0.4) is 0 Å². The van der Waals surface area contributed by atoms with Gasteiger partial charge in [-0.3, -0.25) is 18.9 Å². The number of hydrogen-bond acceptors (Lipinski definition) is 6. The first-order valence-electron chi connectivity index (χ1n) is 9.38. The zero-order chi connectivity index (χ0) is 23.6. The highest BCUT2D eigenvalue weighted by Gasteiger charge is 2.49. The first-order valence-corrected chi connectivity index (χ1v) is 10.5. The number of aliphatic hydroxyl groups excluding tert-OH is 1. The number of aliphatic hydroxyl groups is 2. The predicted octanol–water partition coefficient (Wildman–Crippen LogP) is 1.87. The summed E-state index contributed by atoms with van der Waals surface area (Å²) in [5, 5.41) is 20.5. The SMILES string of the molecule is CC1(O)CN(C(=O)c2nc3c(C(F)(F)F)cc(Br)cn3c2Cl)CCC1N1C(=O)COC1O. The molecule has 2 amide bonds. The van der Waals surface area contributed by atoms with Gasteiger partial charge in [-0.2, -0.15) is 13.2 Å². The molecule has 2 N–H and O–H groups in total. The van der Waals surface area contributed by atoms with E-state index in [-0.39, 0.29) is 35.7 Å². The number of ether oxygens (including phenoxy) is 1. The van der Waals surface area contributed by atoms with Crippen LogP contribution in [-0.2, 0) is 15.7 Å². The minimum absolute atomic E-state index is 0.0379. The van der Waals surface area contributed by atoms with E-state index < -0.39 is 53.0 Å². The van der Waals surface area contributed by atoms with Crippen molar-refractivity contribution in [3.8, 4) is 0 Å². The maximum absolute atomic E-state index is 13.4. The summed E-state index contributed by atoms with van der Waals surface area (Å²) in [5.41, 5.74) is -3.63. The molecule has 0 aromatic carbocycles. The lowest BCUT2D eigenvalue weighted by Crippen LogP contribution is -2.63. The van der Waals surface area contributed by atoms with Gasteiger partial charge in [0.25, 0.3) is 11.8 Å². The molecule has 2 aromatic heterocycles. The number of halogens is 5. The topological polar surface area (TPSA) is 108 Å². The predicted molar refractivity (Wildman–Crippen MR) is 107 cm³/mol. The molecular weight excluding hydrogens is 525 g/mol. The van der Waals surface area contributed by atoms with Gasteiger partial charge in [-0.05, 0) is 35.3 Å². The van der Waals surface area contributed by atoms with Crippen LogP contribution in [0, 0.1) is 0 Å². The van der Waals surface area contributed by atoms with Gasteiger partial charge in [0.15, 0.2) is 11.3 Å². The summed E-state index contributed by atoms with van der Waals surface area (Å²) >= 11 is 9.20. The molecule has 4 rings (SSSR count). The first-order chi connectivity index (χ1) is 14.8. The first kappa shape index (κ1) is 23.2. The number of carbonyl (C=O) groups is 2. The van der Waals surface area contributed by atoms with E-state index in [0.29, 0.717) is 0 Å². The van der Waals surface area contributed by atoms with Gasteiger partial charge in [-0.15, -0.1) is 0 Å². The average molecular weight is 542 g/mol. The number of likely N-dealkylation sites (tertiary alicyclic amines) is 1. The summed E-state index contributed by atoms with van der Waals surface area (Å²) in [5.74, 6) is -1.28. The van der Waals surface area contributed by atoms with Crippen LogP contribution in [0.4, 0.5) is 13.2 Å². The molecule has 174 valence electrons. The van der Waals surface area contributed by atoms with Crippen LogP contribution in [-0.4, -0.2) is 79.0 Å². The van der Waals surface area contributed by atoms with E-state index in [2.05, 4.69) is 20.9 Å². The Morgan fingerprint density at radius 3 is 2.69 bits per heavy atom. The quantitative estimate of drug-likeness (QED) is 0.601. The van der Waals surface area contributed by atoms with E-state index in [4.69, 9.17) is 16.3 Å². The number of imidazole rings is 1. The van der Waals surface area contributed by atoms with Crippen molar-refractivity contribution in [2.45, 2.75) is 37.6 Å². The van der Waals surface area contributed by atoms with Gasteiger partial charge in [0.05, 0.1) is 23.8 Å². The number of hydrogen-bond donors (Lipinski definition) is 2. The summed E-state index contributed by atoms with van der Waals surface area (Å²) in [6.45, 7) is 0.827. The number of rotatable bonds is 2. The second-order valence-electron chi connectivity index (χ2n) is 7.84. The zero-order valence-corrected chi connectivity index (χ0v) is 18.8. The van der Waals surface area contributed by atoms with Crippen LogP contribution in [0.2, 0.25) is 5.15 Å². The standard InChI is InChI=1S/C18H17BrClF3N4O5/c1-17(31)7-25(3-2-10(17)27-11(28)6-32-16(27)30)15(29)12-13(20)26-5-8(19)4-9(14(26)24-12)18(21,22)23/h4-5,10,16,30-31H,2-3,6-7H2,1H3. The van der Waals surface area contributed by atoms with Crippen molar-refractivity contribution in [1.29, 1.82) is 0 Å². The van der Waals surface area contributed by atoms with Gasteiger partial charge in [-0.25, -0.2) is 4.98 Å². The normalized spacial score (nSPS) is 26.9. The fourth-order valence-electron chi connectivity index (χ4n) is 4.10. The van der Waals surface area contributed by atoms with E-state index in [1.54, 1.807) is 0 Å². The Morgan fingerprint density at radius 2 is 2.12 bits per heavy atom. The summed E-state index contributed by atoms with van der Waals surface area (Å²) < 4.78 is 46.3. The van der Waals surface area contributed by atoms with Gasteiger partial charge in [0, 0.05) is 17.2 Å². The molecule has 0 aliphatic carbocycles. The van der Waals surface area contributed by atoms with E-state index in [1.807, 2.05) is 0 Å². The largest absolute Gasteiger partial charge is 0.420 e. The fourth-order valence-corrected chi connectivity index (χ4v) is 4.79. The molecule has 2 aromatic rings. The number of nitrogens with zero attached hydrogens (tertiary/aromatic N) is 4. The van der Waals surface area contributed by atoms with Crippen molar-refractivity contribution in [2.75, 3.05) is 19.7 Å². The Balaban J connectivity index is 1.65. The summed E-state index contributed by atoms with van der Waals surface area (Å²) in [7, 11) is 0. The molecule has 14 heteroatoms. The van der Waals surface area contributed by atoms with Gasteiger partial charge in [0.1, 0.15) is 11.8 Å². The third-order valence-corrected chi connectivity index (χ3v) is 6.34. The zero-order valence-electron chi connectivity index (χ0n) is 16.4. The number of pyridine rings is 1. The van der Waals surface area contributed by atoms with Crippen molar-refractivity contribution in [3.63, 3.8) is 0 Å². The highest BCUT2D eigenvalue weighted by molar-refractivity contribution is 9.10. The lowest BCUT2D eigenvalue weighted by molar-refractivity contribution is -0.185. The van der Waals surface area contributed by atoms with E-state index in [0.717, 1.165) is 15.4 Å². The molecule has 2 aliphatic heterocycles. The number of carbonyl (C=O) groups excluding carboxylic acids is 2. The van der Waals surface area contributed by atoms with Crippen molar-refractivity contribution in [1.82, 2.24) is 19.2 Å². The molecule has 0 radical (unpaired) electrons. The Kier molecular flexibility index (Phi) is 5.69. The highest BCUT2D eigenvalue weighted by Crippen LogP contribution is 2.36. The maximum atomic E-state index is 13.4. The second kappa shape index (κ2) is 7.83. The molecule has 0 bridgehead atoms. The van der Waals surface area contributed by atoms with E-state index in [1.165, 1.54) is 18.0 Å². The minimum Gasteiger partial charge on any atom is -0.386 e. The van der Waals surface area contributed by atoms with Crippen LogP contribution in [0.5, 0.6) is 0 Å². The van der Waals surface area contributed by atoms with Crippen LogP contribution < -0.4 is 0 Å². The van der Waals surface area contributed by atoms with Gasteiger partial charge in [0.2, 0.25) is 6.41 Å². The third-order valence-electron chi connectivity index (χ3n) is 5.54. The molecule has 2 saturated heterocycles. The summed E-state index contributed by atoms with van der Waals surface area (Å²) in [6, 6.07) is 0.00442. The number of aromatic nitrogens is 2. The third kappa shape index (κ3) is 3.85. The van der Waals surface area contributed by atoms with Gasteiger partial charge < -0.3 is 19.8 Å². The lowest BCUT2D eigenvalue weighted by atomic mass is 9.87. The molecule has 2 fully saturated rings.